The first-order valence-electron chi connectivity index (χ1n) is 9.36. The second-order valence-corrected chi connectivity index (χ2v) is 6.61. The first-order valence-corrected chi connectivity index (χ1v) is 9.36. The van der Waals surface area contributed by atoms with Crippen LogP contribution in [0, 0.1) is 11.6 Å². The maximum atomic E-state index is 13.2. The normalized spacial score (nSPS) is 10.8. The van der Waals surface area contributed by atoms with Crippen molar-refractivity contribution in [3.8, 4) is 0 Å². The third-order valence-corrected chi connectivity index (χ3v) is 4.59. The van der Waals surface area contributed by atoms with Gasteiger partial charge < -0.3 is 23.0 Å². The summed E-state index contributed by atoms with van der Waals surface area (Å²) in [6.45, 7) is 0.380. The molecule has 0 saturated carbocycles. The largest absolute Gasteiger partial charge is 0.463 e. The van der Waals surface area contributed by atoms with Gasteiger partial charge in [0.15, 0.2) is 12.0 Å². The van der Waals surface area contributed by atoms with Gasteiger partial charge in [-0.2, -0.15) is 0 Å². The molecule has 0 fully saturated rings. The van der Waals surface area contributed by atoms with Crippen LogP contribution in [0.15, 0.2) is 45.2 Å². The zero-order chi connectivity index (χ0) is 23.3. The van der Waals surface area contributed by atoms with E-state index in [2.05, 4.69) is 4.74 Å². The van der Waals surface area contributed by atoms with Gasteiger partial charge in [-0.1, -0.05) is 0 Å². The molecule has 7 nitrogen and oxygen atoms in total. The topological polar surface area (TPSA) is 88.1 Å². The Morgan fingerprint density at radius 1 is 0.875 bits per heavy atom. The lowest BCUT2D eigenvalue weighted by Crippen LogP contribution is -2.03. The number of halogens is 2. The summed E-state index contributed by atoms with van der Waals surface area (Å²) in [6, 6.07) is 8.16. The van der Waals surface area contributed by atoms with Crippen molar-refractivity contribution < 1.29 is 41.4 Å². The minimum atomic E-state index is -0.603. The number of carbonyl (C=O) groups excluding carboxylic acids is 2. The predicted molar refractivity (Wildman–Crippen MR) is 110 cm³/mol. The number of fused-ring (bicyclic) bond motifs is 2. The van der Waals surface area contributed by atoms with Crippen LogP contribution in [0.1, 0.15) is 32.2 Å². The van der Waals surface area contributed by atoms with Gasteiger partial charge in [0.1, 0.15) is 22.8 Å². The molecule has 4 rings (SSSR count). The molecule has 0 N–H and O–H groups in total. The van der Waals surface area contributed by atoms with Crippen LogP contribution in [-0.4, -0.2) is 33.6 Å². The minimum absolute atomic E-state index is 0.0509. The van der Waals surface area contributed by atoms with Gasteiger partial charge in [-0.3, -0.25) is 4.79 Å². The van der Waals surface area contributed by atoms with Gasteiger partial charge in [0.05, 0.1) is 20.3 Å². The molecule has 0 radical (unpaired) electrons. The van der Waals surface area contributed by atoms with Crippen molar-refractivity contribution in [3.63, 3.8) is 0 Å². The van der Waals surface area contributed by atoms with Crippen LogP contribution in [0.25, 0.3) is 21.9 Å². The number of rotatable bonds is 6. The van der Waals surface area contributed by atoms with E-state index in [0.29, 0.717) is 39.4 Å². The van der Waals surface area contributed by atoms with E-state index in [1.54, 1.807) is 0 Å². The SMILES string of the molecule is COCc1c(C(=O)OC)oc2ccc(F)cc12.COCc1c(C=O)oc2ccc(F)cc12. The Labute approximate surface area is 181 Å². The molecular weight excluding hydrogens is 426 g/mol. The Morgan fingerprint density at radius 2 is 1.41 bits per heavy atom. The number of benzene rings is 2. The van der Waals surface area contributed by atoms with E-state index < -0.39 is 11.8 Å². The molecule has 2 heterocycles. The summed E-state index contributed by atoms with van der Waals surface area (Å²) in [4.78, 5) is 22.2. The highest BCUT2D eigenvalue weighted by Gasteiger charge is 2.21. The van der Waals surface area contributed by atoms with Gasteiger partial charge in [0, 0.05) is 36.1 Å². The summed E-state index contributed by atoms with van der Waals surface area (Å²) in [6.07, 6.45) is 0.603. The molecule has 0 atom stereocenters. The van der Waals surface area contributed by atoms with E-state index in [1.165, 1.54) is 57.7 Å². The lowest BCUT2D eigenvalue weighted by molar-refractivity contribution is 0.0561. The van der Waals surface area contributed by atoms with Crippen LogP contribution in [0.3, 0.4) is 0 Å². The van der Waals surface area contributed by atoms with Gasteiger partial charge in [-0.25, -0.2) is 13.6 Å². The first kappa shape index (κ1) is 23.1. The molecule has 0 saturated heterocycles. The molecule has 0 amide bonds. The Morgan fingerprint density at radius 3 is 1.94 bits per heavy atom. The van der Waals surface area contributed by atoms with Crippen molar-refractivity contribution in [2.24, 2.45) is 0 Å². The number of aldehydes is 1. The molecule has 0 spiro atoms. The summed E-state index contributed by atoms with van der Waals surface area (Å²) >= 11 is 0. The van der Waals surface area contributed by atoms with Crippen molar-refractivity contribution in [1.29, 1.82) is 0 Å². The third kappa shape index (κ3) is 4.68. The summed E-state index contributed by atoms with van der Waals surface area (Å²) in [5, 5.41) is 1.10. The van der Waals surface area contributed by atoms with Crippen molar-refractivity contribution in [3.05, 3.63) is 70.7 Å². The summed E-state index contributed by atoms with van der Waals surface area (Å²) in [5.41, 5.74) is 2.00. The average Bonchev–Trinajstić information content (AvgIpc) is 3.32. The molecular formula is C23H20F2O7. The van der Waals surface area contributed by atoms with E-state index in [1.807, 2.05) is 0 Å². The molecule has 2 aromatic heterocycles. The van der Waals surface area contributed by atoms with Crippen LogP contribution in [-0.2, 0) is 27.4 Å². The van der Waals surface area contributed by atoms with Crippen LogP contribution in [0.5, 0.6) is 0 Å². The van der Waals surface area contributed by atoms with Gasteiger partial charge in [-0.05, 0) is 36.4 Å². The molecule has 9 heteroatoms. The van der Waals surface area contributed by atoms with Gasteiger partial charge in [-0.15, -0.1) is 0 Å². The maximum absolute atomic E-state index is 13.2. The average molecular weight is 446 g/mol. The quantitative estimate of drug-likeness (QED) is 0.303. The number of esters is 1. The monoisotopic (exact) mass is 446 g/mol. The number of hydrogen-bond acceptors (Lipinski definition) is 7. The fourth-order valence-electron chi connectivity index (χ4n) is 3.19. The molecule has 2 aromatic carbocycles. The van der Waals surface area contributed by atoms with E-state index in [9.17, 15) is 18.4 Å². The molecule has 0 unspecified atom stereocenters. The molecule has 0 aliphatic carbocycles. The maximum Gasteiger partial charge on any atom is 0.374 e. The number of ether oxygens (including phenoxy) is 3. The molecule has 168 valence electrons. The zero-order valence-corrected chi connectivity index (χ0v) is 17.6. The second kappa shape index (κ2) is 10.2. The standard InChI is InChI=1S/C12H11FO4.C11H9FO3/c1-15-6-9-8-5-7(13)3-4-10(8)17-11(9)12(14)16-2;1-14-6-9-8-4-7(12)2-3-10(8)15-11(9)5-13/h3-5H,6H2,1-2H3;2-5H,6H2,1H3. The van der Waals surface area contributed by atoms with Crippen LogP contribution < -0.4 is 0 Å². The molecule has 0 aliphatic heterocycles. The fraction of sp³-hybridized carbons (Fsp3) is 0.217. The summed E-state index contributed by atoms with van der Waals surface area (Å²) in [7, 11) is 4.25. The number of furan rings is 2. The second-order valence-electron chi connectivity index (χ2n) is 6.61. The lowest BCUT2D eigenvalue weighted by atomic mass is 10.1. The highest BCUT2D eigenvalue weighted by Crippen LogP contribution is 2.28. The summed E-state index contributed by atoms with van der Waals surface area (Å²) < 4.78 is 51.2. The Kier molecular flexibility index (Phi) is 7.34. The fourth-order valence-corrected chi connectivity index (χ4v) is 3.19. The van der Waals surface area contributed by atoms with Crippen LogP contribution >= 0.6 is 0 Å². The number of methoxy groups -OCH3 is 3. The van der Waals surface area contributed by atoms with E-state index in [4.69, 9.17) is 18.3 Å². The van der Waals surface area contributed by atoms with Crippen molar-refractivity contribution in [2.75, 3.05) is 21.3 Å². The molecule has 32 heavy (non-hydrogen) atoms. The predicted octanol–water partition coefficient (Wildman–Crippen LogP) is 5.04. The smallest absolute Gasteiger partial charge is 0.374 e. The van der Waals surface area contributed by atoms with Crippen molar-refractivity contribution in [2.45, 2.75) is 13.2 Å². The van der Waals surface area contributed by atoms with E-state index in [-0.39, 0.29) is 30.6 Å². The molecule has 0 bridgehead atoms. The van der Waals surface area contributed by atoms with E-state index in [0.717, 1.165) is 0 Å². The zero-order valence-electron chi connectivity index (χ0n) is 17.6. The van der Waals surface area contributed by atoms with Gasteiger partial charge in [0.2, 0.25) is 5.76 Å². The Hall–Kier alpha value is -3.56. The van der Waals surface area contributed by atoms with E-state index >= 15 is 0 Å². The van der Waals surface area contributed by atoms with Gasteiger partial charge in [0.25, 0.3) is 0 Å². The molecule has 4 aromatic rings. The van der Waals surface area contributed by atoms with Crippen LogP contribution in [0.4, 0.5) is 8.78 Å². The highest BCUT2D eigenvalue weighted by molar-refractivity contribution is 5.96. The Balaban J connectivity index is 0.000000182. The van der Waals surface area contributed by atoms with Gasteiger partial charge >= 0.3 is 5.97 Å². The van der Waals surface area contributed by atoms with Crippen molar-refractivity contribution >= 4 is 34.2 Å². The Bertz CT molecular complexity index is 1260. The first-order chi connectivity index (χ1) is 15.4. The van der Waals surface area contributed by atoms with Crippen molar-refractivity contribution in [1.82, 2.24) is 0 Å². The third-order valence-electron chi connectivity index (χ3n) is 4.59. The minimum Gasteiger partial charge on any atom is -0.463 e. The highest BCUT2D eigenvalue weighted by atomic mass is 19.1. The summed E-state index contributed by atoms with van der Waals surface area (Å²) in [5.74, 6) is -1.12. The van der Waals surface area contributed by atoms with Crippen LogP contribution in [0.2, 0.25) is 0 Å². The number of carbonyl (C=O) groups is 2. The lowest BCUT2D eigenvalue weighted by Gasteiger charge is -1.99. The number of hydrogen-bond donors (Lipinski definition) is 0. The molecule has 0 aliphatic rings.